The number of alkyl halides is 3. The number of nitrogens with one attached hydrogen (secondary N) is 2. The number of halogens is 4. The minimum atomic E-state index is -4.67. The van der Waals surface area contributed by atoms with Gasteiger partial charge in [-0.3, -0.25) is 9.69 Å². The molecule has 2 saturated heterocycles. The second kappa shape index (κ2) is 10.3. The zero-order chi connectivity index (χ0) is 19.3. The Balaban J connectivity index is 0.00000280. The smallest absolute Gasteiger partial charge is 0.406 e. The molecule has 2 heterocycles. The van der Waals surface area contributed by atoms with Crippen molar-refractivity contribution in [2.75, 3.05) is 26.2 Å². The first-order valence-corrected chi connectivity index (χ1v) is 9.47. The van der Waals surface area contributed by atoms with E-state index in [0.29, 0.717) is 19.0 Å². The summed E-state index contributed by atoms with van der Waals surface area (Å²) in [6.07, 6.45) is -0.594. The molecule has 9 heteroatoms. The van der Waals surface area contributed by atoms with Crippen LogP contribution in [0.25, 0.3) is 0 Å². The molecule has 0 spiro atoms. The Morgan fingerprint density at radius 2 is 1.96 bits per heavy atom. The van der Waals surface area contributed by atoms with Crippen LogP contribution in [0, 0.1) is 5.92 Å². The van der Waals surface area contributed by atoms with Crippen LogP contribution in [0.2, 0.25) is 0 Å². The maximum absolute atomic E-state index is 12.2. The SMILES string of the molecule is Cl.O=C(NCC1CCCN(Cc2ccc(OC(F)(F)F)cc2)C1)C1CCCN1. The third-order valence-electron chi connectivity index (χ3n) is 5.11. The van der Waals surface area contributed by atoms with Gasteiger partial charge in [-0.15, -0.1) is 25.6 Å². The summed E-state index contributed by atoms with van der Waals surface area (Å²) in [6, 6.07) is 5.97. The summed E-state index contributed by atoms with van der Waals surface area (Å²) in [5.41, 5.74) is 0.948. The highest BCUT2D eigenvalue weighted by atomic mass is 35.5. The van der Waals surface area contributed by atoms with Gasteiger partial charge in [-0.1, -0.05) is 12.1 Å². The standard InChI is InChI=1S/C19H26F3N3O2.ClH/c20-19(21,22)27-16-7-5-14(6-8-16)12-25-10-2-3-15(13-25)11-24-18(26)17-4-1-9-23-17;/h5-8,15,17,23H,1-4,9-13H2,(H,24,26);1H. The van der Waals surface area contributed by atoms with Crippen molar-refractivity contribution >= 4 is 18.3 Å². The lowest BCUT2D eigenvalue weighted by Crippen LogP contribution is -2.45. The van der Waals surface area contributed by atoms with E-state index in [1.807, 2.05) is 0 Å². The fraction of sp³-hybridized carbons (Fsp3) is 0.632. The minimum absolute atomic E-state index is 0. The molecule has 2 atom stereocenters. The number of carbonyl (C=O) groups excluding carboxylic acids is 1. The molecule has 0 aromatic heterocycles. The molecular formula is C19H27ClF3N3O2. The maximum atomic E-state index is 12.2. The molecule has 158 valence electrons. The summed E-state index contributed by atoms with van der Waals surface area (Å²) >= 11 is 0. The normalized spacial score (nSPS) is 23.1. The molecule has 2 aliphatic heterocycles. The van der Waals surface area contributed by atoms with Gasteiger partial charge in [0.2, 0.25) is 5.91 Å². The Hall–Kier alpha value is -1.51. The molecular weight excluding hydrogens is 395 g/mol. The third-order valence-corrected chi connectivity index (χ3v) is 5.11. The van der Waals surface area contributed by atoms with Gasteiger partial charge in [-0.25, -0.2) is 0 Å². The molecule has 0 radical (unpaired) electrons. The van der Waals surface area contributed by atoms with Crippen molar-refractivity contribution in [3.8, 4) is 5.75 Å². The summed E-state index contributed by atoms with van der Waals surface area (Å²) in [5, 5.41) is 6.26. The Morgan fingerprint density at radius 3 is 2.61 bits per heavy atom. The molecule has 28 heavy (non-hydrogen) atoms. The molecule has 2 aliphatic rings. The summed E-state index contributed by atoms with van der Waals surface area (Å²) < 4.78 is 40.6. The first-order chi connectivity index (χ1) is 12.9. The second-order valence-corrected chi connectivity index (χ2v) is 7.33. The van der Waals surface area contributed by atoms with Gasteiger partial charge >= 0.3 is 6.36 Å². The van der Waals surface area contributed by atoms with E-state index in [-0.39, 0.29) is 30.1 Å². The Labute approximate surface area is 169 Å². The monoisotopic (exact) mass is 421 g/mol. The number of nitrogens with zero attached hydrogens (tertiary/aromatic N) is 1. The van der Waals surface area contributed by atoms with E-state index in [9.17, 15) is 18.0 Å². The average Bonchev–Trinajstić information content (AvgIpc) is 3.15. The number of hydrogen-bond acceptors (Lipinski definition) is 4. The lowest BCUT2D eigenvalue weighted by molar-refractivity contribution is -0.274. The van der Waals surface area contributed by atoms with Crippen molar-refractivity contribution < 1.29 is 22.7 Å². The van der Waals surface area contributed by atoms with E-state index in [2.05, 4.69) is 20.3 Å². The summed E-state index contributed by atoms with van der Waals surface area (Å²) in [5.74, 6) is 0.285. The van der Waals surface area contributed by atoms with Crippen LogP contribution in [0.3, 0.4) is 0 Å². The van der Waals surface area contributed by atoms with Crippen molar-refractivity contribution in [3.05, 3.63) is 29.8 Å². The van der Waals surface area contributed by atoms with Gasteiger partial charge in [0.25, 0.3) is 0 Å². The van der Waals surface area contributed by atoms with Crippen LogP contribution in [0.5, 0.6) is 5.75 Å². The molecule has 2 fully saturated rings. The lowest BCUT2D eigenvalue weighted by Gasteiger charge is -2.33. The predicted octanol–water partition coefficient (Wildman–Crippen LogP) is 3.09. The van der Waals surface area contributed by atoms with Crippen LogP contribution in [0.1, 0.15) is 31.2 Å². The minimum Gasteiger partial charge on any atom is -0.406 e. The predicted molar refractivity (Wildman–Crippen MR) is 102 cm³/mol. The van der Waals surface area contributed by atoms with Gasteiger partial charge < -0.3 is 15.4 Å². The molecule has 2 N–H and O–H groups in total. The Bertz CT molecular complexity index is 622. The van der Waals surface area contributed by atoms with Crippen molar-refractivity contribution in [2.45, 2.75) is 44.6 Å². The first-order valence-electron chi connectivity index (χ1n) is 9.47. The molecule has 0 aliphatic carbocycles. The molecule has 3 rings (SSSR count). The van der Waals surface area contributed by atoms with Gasteiger partial charge in [-0.2, -0.15) is 0 Å². The highest BCUT2D eigenvalue weighted by Gasteiger charge is 2.31. The summed E-state index contributed by atoms with van der Waals surface area (Å²) in [6.45, 7) is 4.09. The maximum Gasteiger partial charge on any atom is 0.573 e. The lowest BCUT2D eigenvalue weighted by atomic mass is 9.97. The van der Waals surface area contributed by atoms with Crippen LogP contribution in [-0.4, -0.2) is 49.4 Å². The Kier molecular flexibility index (Phi) is 8.39. The van der Waals surface area contributed by atoms with Crippen LogP contribution in [-0.2, 0) is 11.3 Å². The fourth-order valence-corrected chi connectivity index (χ4v) is 3.79. The van der Waals surface area contributed by atoms with Gasteiger partial charge in [0.15, 0.2) is 0 Å². The van der Waals surface area contributed by atoms with Crippen molar-refractivity contribution in [3.63, 3.8) is 0 Å². The number of amides is 1. The van der Waals surface area contributed by atoms with Crippen molar-refractivity contribution in [1.29, 1.82) is 0 Å². The van der Waals surface area contributed by atoms with Crippen LogP contribution >= 0.6 is 12.4 Å². The molecule has 1 amide bonds. The number of ether oxygens (including phenoxy) is 1. The Morgan fingerprint density at radius 1 is 1.21 bits per heavy atom. The van der Waals surface area contributed by atoms with E-state index in [0.717, 1.165) is 50.9 Å². The number of carbonyl (C=O) groups is 1. The van der Waals surface area contributed by atoms with E-state index >= 15 is 0 Å². The first kappa shape index (κ1) is 22.8. The summed E-state index contributed by atoms with van der Waals surface area (Å²) in [7, 11) is 0. The molecule has 1 aromatic carbocycles. The van der Waals surface area contributed by atoms with E-state index < -0.39 is 6.36 Å². The van der Waals surface area contributed by atoms with Crippen molar-refractivity contribution in [1.82, 2.24) is 15.5 Å². The number of benzene rings is 1. The topological polar surface area (TPSA) is 53.6 Å². The van der Waals surface area contributed by atoms with Gasteiger partial charge in [-0.05, 0) is 62.4 Å². The second-order valence-electron chi connectivity index (χ2n) is 7.33. The summed E-state index contributed by atoms with van der Waals surface area (Å²) in [4.78, 5) is 14.4. The average molecular weight is 422 g/mol. The quantitative estimate of drug-likeness (QED) is 0.741. The number of rotatable bonds is 6. The molecule has 0 saturated carbocycles. The molecule has 1 aromatic rings. The van der Waals surface area contributed by atoms with Crippen LogP contribution in [0.15, 0.2) is 24.3 Å². The highest BCUT2D eigenvalue weighted by molar-refractivity contribution is 5.85. The third kappa shape index (κ3) is 7.14. The molecule has 2 unspecified atom stereocenters. The van der Waals surface area contributed by atoms with Gasteiger partial charge in [0.1, 0.15) is 5.75 Å². The molecule has 5 nitrogen and oxygen atoms in total. The van der Waals surface area contributed by atoms with Gasteiger partial charge in [0.05, 0.1) is 6.04 Å². The van der Waals surface area contributed by atoms with Crippen molar-refractivity contribution in [2.24, 2.45) is 5.92 Å². The van der Waals surface area contributed by atoms with E-state index in [4.69, 9.17) is 0 Å². The van der Waals surface area contributed by atoms with Crippen LogP contribution in [0.4, 0.5) is 13.2 Å². The number of likely N-dealkylation sites (tertiary alicyclic amines) is 1. The van der Waals surface area contributed by atoms with Gasteiger partial charge in [0, 0.05) is 19.6 Å². The molecule has 0 bridgehead atoms. The van der Waals surface area contributed by atoms with E-state index in [1.165, 1.54) is 12.1 Å². The zero-order valence-corrected chi connectivity index (χ0v) is 16.5. The van der Waals surface area contributed by atoms with Crippen LogP contribution < -0.4 is 15.4 Å². The zero-order valence-electron chi connectivity index (χ0n) is 15.6. The fourth-order valence-electron chi connectivity index (χ4n) is 3.79. The van der Waals surface area contributed by atoms with E-state index in [1.54, 1.807) is 12.1 Å². The number of piperidine rings is 1. The largest absolute Gasteiger partial charge is 0.573 e. The highest BCUT2D eigenvalue weighted by Crippen LogP contribution is 2.24. The number of hydrogen-bond donors (Lipinski definition) is 2.